The van der Waals surface area contributed by atoms with Crippen LogP contribution in [0.4, 0.5) is 0 Å². The Labute approximate surface area is 80.9 Å². The Morgan fingerprint density at radius 2 is 2.00 bits per heavy atom. The van der Waals surface area contributed by atoms with E-state index in [2.05, 4.69) is 14.9 Å². The highest BCUT2D eigenvalue weighted by Gasteiger charge is 2.11. The minimum atomic E-state index is -0.00712. The normalized spacial score (nSPS) is 11.1. The van der Waals surface area contributed by atoms with Gasteiger partial charge < -0.3 is 0 Å². The van der Waals surface area contributed by atoms with Crippen LogP contribution in [0.1, 0.15) is 24.2 Å². The van der Waals surface area contributed by atoms with E-state index in [0.29, 0.717) is 16.6 Å². The average Bonchev–Trinajstić information content (AvgIpc) is 2.62. The summed E-state index contributed by atoms with van der Waals surface area (Å²) in [5, 5.41) is 7.35. The van der Waals surface area contributed by atoms with E-state index in [1.165, 1.54) is 0 Å². The molecule has 0 aliphatic carbocycles. The third-order valence-electron chi connectivity index (χ3n) is 2.06. The van der Waals surface area contributed by atoms with Crippen molar-refractivity contribution in [1.82, 2.24) is 10.3 Å². The smallest absolute Gasteiger partial charge is 0.165 e. The second kappa shape index (κ2) is 3.21. The fraction of sp³-hybridized carbons (Fsp3) is 0.300. The van der Waals surface area contributed by atoms with E-state index in [1.54, 1.807) is 18.2 Å². The van der Waals surface area contributed by atoms with Gasteiger partial charge in [-0.05, 0) is 28.5 Å². The first-order valence-corrected chi connectivity index (χ1v) is 4.45. The number of hydrogen-bond acceptors (Lipinski definition) is 4. The summed E-state index contributed by atoms with van der Waals surface area (Å²) in [5.74, 6) is 0.0993. The predicted octanol–water partition coefficient (Wildman–Crippen LogP) is 2.06. The van der Waals surface area contributed by atoms with Gasteiger partial charge >= 0.3 is 0 Å². The van der Waals surface area contributed by atoms with Gasteiger partial charge in [0.2, 0.25) is 0 Å². The summed E-state index contributed by atoms with van der Waals surface area (Å²) in [4.78, 5) is 11.6. The van der Waals surface area contributed by atoms with Gasteiger partial charge in [0.15, 0.2) is 5.78 Å². The second-order valence-electron chi connectivity index (χ2n) is 3.49. The lowest BCUT2D eigenvalue weighted by Crippen LogP contribution is -2.06. The van der Waals surface area contributed by atoms with E-state index in [4.69, 9.17) is 0 Å². The van der Waals surface area contributed by atoms with Crippen LogP contribution in [-0.4, -0.2) is 16.1 Å². The van der Waals surface area contributed by atoms with Gasteiger partial charge in [-0.2, -0.15) is 0 Å². The fourth-order valence-electron chi connectivity index (χ4n) is 1.27. The number of rotatable bonds is 2. The molecule has 0 fully saturated rings. The van der Waals surface area contributed by atoms with Crippen molar-refractivity contribution in [2.75, 3.05) is 0 Å². The molecule has 1 heterocycles. The Morgan fingerprint density at radius 3 is 2.71 bits per heavy atom. The van der Waals surface area contributed by atoms with Gasteiger partial charge in [0, 0.05) is 11.5 Å². The maximum Gasteiger partial charge on any atom is 0.165 e. The minimum Gasteiger partial charge on any atom is -0.294 e. The summed E-state index contributed by atoms with van der Waals surface area (Å²) >= 11 is 0. The van der Waals surface area contributed by atoms with Crippen LogP contribution in [0.5, 0.6) is 0 Å². The molecule has 0 amide bonds. The molecule has 0 radical (unpaired) electrons. The predicted molar refractivity (Wildman–Crippen MR) is 51.0 cm³/mol. The molecule has 0 saturated carbocycles. The van der Waals surface area contributed by atoms with Gasteiger partial charge in [0.1, 0.15) is 11.0 Å². The number of aromatic nitrogens is 2. The maximum absolute atomic E-state index is 11.6. The molecule has 14 heavy (non-hydrogen) atoms. The molecule has 1 aromatic carbocycles. The monoisotopic (exact) mass is 190 g/mol. The number of fused-ring (bicyclic) bond motifs is 1. The highest BCUT2D eigenvalue weighted by Crippen LogP contribution is 2.14. The van der Waals surface area contributed by atoms with Crippen molar-refractivity contribution >= 4 is 16.8 Å². The van der Waals surface area contributed by atoms with E-state index in [-0.39, 0.29) is 11.7 Å². The number of nitrogens with zero attached hydrogens (tertiary/aromatic N) is 2. The molecule has 2 rings (SSSR count). The highest BCUT2D eigenvalue weighted by atomic mass is 16.6. The summed E-state index contributed by atoms with van der Waals surface area (Å²) < 4.78 is 4.55. The Bertz CT molecular complexity index is 474. The van der Waals surface area contributed by atoms with Crippen LogP contribution < -0.4 is 0 Å². The van der Waals surface area contributed by atoms with Crippen molar-refractivity contribution in [3.8, 4) is 0 Å². The minimum absolute atomic E-state index is 0.00712. The molecular formula is C10H10N2O2. The van der Waals surface area contributed by atoms with Crippen LogP contribution in [0.25, 0.3) is 11.0 Å². The molecule has 0 aliphatic heterocycles. The zero-order valence-electron chi connectivity index (χ0n) is 8.02. The molecule has 4 heteroatoms. The number of benzene rings is 1. The lowest BCUT2D eigenvalue weighted by Gasteiger charge is -2.02. The van der Waals surface area contributed by atoms with Gasteiger partial charge in [-0.3, -0.25) is 4.79 Å². The van der Waals surface area contributed by atoms with E-state index >= 15 is 0 Å². The van der Waals surface area contributed by atoms with Crippen molar-refractivity contribution in [3.05, 3.63) is 23.8 Å². The SMILES string of the molecule is CC(C)C(=O)c1ccc2nonc2c1. The number of ketones is 1. The number of carbonyl (C=O) groups excluding carboxylic acids is 1. The molecule has 1 aromatic heterocycles. The zero-order valence-corrected chi connectivity index (χ0v) is 8.02. The first-order chi connectivity index (χ1) is 6.68. The molecular weight excluding hydrogens is 180 g/mol. The van der Waals surface area contributed by atoms with Crippen molar-refractivity contribution in [2.45, 2.75) is 13.8 Å². The summed E-state index contributed by atoms with van der Waals surface area (Å²) in [7, 11) is 0. The third kappa shape index (κ3) is 1.39. The molecule has 0 atom stereocenters. The summed E-state index contributed by atoms with van der Waals surface area (Å²) in [6.45, 7) is 3.74. The largest absolute Gasteiger partial charge is 0.294 e. The molecule has 0 N–H and O–H groups in total. The molecule has 72 valence electrons. The summed E-state index contributed by atoms with van der Waals surface area (Å²) in [6.07, 6.45) is 0. The standard InChI is InChI=1S/C10H10N2O2/c1-6(2)10(13)7-3-4-8-9(5-7)12-14-11-8/h3-6H,1-2H3. The Kier molecular flexibility index (Phi) is 2.04. The molecule has 0 saturated heterocycles. The van der Waals surface area contributed by atoms with Crippen LogP contribution in [0.3, 0.4) is 0 Å². The van der Waals surface area contributed by atoms with Crippen molar-refractivity contribution in [2.24, 2.45) is 5.92 Å². The number of carbonyl (C=O) groups is 1. The van der Waals surface area contributed by atoms with Crippen LogP contribution >= 0.6 is 0 Å². The molecule has 0 spiro atoms. The Morgan fingerprint density at radius 1 is 1.29 bits per heavy atom. The highest BCUT2D eigenvalue weighted by molar-refractivity contribution is 5.99. The number of Topliss-reactive ketones (excluding diaryl/α,β-unsaturated/α-hetero) is 1. The third-order valence-corrected chi connectivity index (χ3v) is 2.06. The van der Waals surface area contributed by atoms with Crippen molar-refractivity contribution < 1.29 is 9.42 Å². The van der Waals surface area contributed by atoms with Crippen LogP contribution in [0.15, 0.2) is 22.8 Å². The van der Waals surface area contributed by atoms with Gasteiger partial charge in [-0.25, -0.2) is 4.63 Å². The van der Waals surface area contributed by atoms with Crippen LogP contribution in [-0.2, 0) is 0 Å². The first kappa shape index (κ1) is 8.87. The van der Waals surface area contributed by atoms with E-state index in [1.807, 2.05) is 13.8 Å². The fourth-order valence-corrected chi connectivity index (χ4v) is 1.27. The molecule has 0 bridgehead atoms. The molecule has 4 nitrogen and oxygen atoms in total. The zero-order chi connectivity index (χ0) is 10.1. The Balaban J connectivity index is 2.48. The topological polar surface area (TPSA) is 56.0 Å². The summed E-state index contributed by atoms with van der Waals surface area (Å²) in [6, 6.07) is 5.18. The van der Waals surface area contributed by atoms with E-state index in [0.717, 1.165) is 0 Å². The second-order valence-corrected chi connectivity index (χ2v) is 3.49. The first-order valence-electron chi connectivity index (χ1n) is 4.45. The number of hydrogen-bond donors (Lipinski definition) is 0. The lowest BCUT2D eigenvalue weighted by molar-refractivity contribution is 0.0939. The van der Waals surface area contributed by atoms with Gasteiger partial charge in [0.25, 0.3) is 0 Å². The van der Waals surface area contributed by atoms with Crippen molar-refractivity contribution in [3.63, 3.8) is 0 Å². The van der Waals surface area contributed by atoms with Gasteiger partial charge in [0.05, 0.1) is 0 Å². The molecule has 0 unspecified atom stereocenters. The van der Waals surface area contributed by atoms with Crippen LogP contribution in [0, 0.1) is 5.92 Å². The Hall–Kier alpha value is -1.71. The van der Waals surface area contributed by atoms with E-state index in [9.17, 15) is 4.79 Å². The van der Waals surface area contributed by atoms with Gasteiger partial charge in [-0.1, -0.05) is 13.8 Å². The van der Waals surface area contributed by atoms with Crippen molar-refractivity contribution in [1.29, 1.82) is 0 Å². The van der Waals surface area contributed by atoms with Gasteiger partial charge in [-0.15, -0.1) is 0 Å². The molecule has 2 aromatic rings. The quantitative estimate of drug-likeness (QED) is 0.680. The van der Waals surface area contributed by atoms with E-state index < -0.39 is 0 Å². The maximum atomic E-state index is 11.6. The molecule has 0 aliphatic rings. The summed E-state index contributed by atoms with van der Waals surface area (Å²) in [5.41, 5.74) is 1.95. The average molecular weight is 190 g/mol. The lowest BCUT2D eigenvalue weighted by atomic mass is 10.0. The van der Waals surface area contributed by atoms with Crippen LogP contribution in [0.2, 0.25) is 0 Å².